The normalized spacial score (nSPS) is 10.7. The van der Waals surface area contributed by atoms with Crippen LogP contribution >= 0.6 is 0 Å². The van der Waals surface area contributed by atoms with Crippen LogP contribution in [0, 0.1) is 0 Å². The fourth-order valence-corrected chi connectivity index (χ4v) is 2.92. The number of fused-ring (bicyclic) bond motifs is 1. The molecule has 0 spiro atoms. The Morgan fingerprint density at radius 1 is 0.889 bits per heavy atom. The number of benzene rings is 3. The molecule has 0 radical (unpaired) electrons. The van der Waals surface area contributed by atoms with E-state index in [-0.39, 0.29) is 17.8 Å². The summed E-state index contributed by atoms with van der Waals surface area (Å²) in [5.74, 6) is 1.22. The molecule has 0 fully saturated rings. The van der Waals surface area contributed by atoms with Gasteiger partial charge in [0.05, 0.1) is 12.5 Å². The number of methoxy groups -OCH3 is 1. The number of rotatable bonds is 5. The van der Waals surface area contributed by atoms with E-state index in [9.17, 15) is 4.79 Å². The Morgan fingerprint density at radius 2 is 1.59 bits per heavy atom. The van der Waals surface area contributed by atoms with Gasteiger partial charge >= 0.3 is 0 Å². The highest BCUT2D eigenvalue weighted by atomic mass is 16.5. The number of hydrogen-bond donors (Lipinski definition) is 0. The molecule has 3 aromatic carbocycles. The monoisotopic (exact) mass is 358 g/mol. The fraction of sp³-hybridized carbons (Fsp3) is 0.0870. The maximum atomic E-state index is 13.2. The third-order valence-corrected chi connectivity index (χ3v) is 4.32. The van der Waals surface area contributed by atoms with Crippen LogP contribution in [-0.2, 0) is 6.61 Å². The predicted octanol–water partition coefficient (Wildman–Crippen LogP) is 5.05. The van der Waals surface area contributed by atoms with Crippen molar-refractivity contribution in [1.82, 2.24) is 0 Å². The molecule has 0 amide bonds. The van der Waals surface area contributed by atoms with Crippen molar-refractivity contribution in [2.24, 2.45) is 0 Å². The van der Waals surface area contributed by atoms with Gasteiger partial charge in [-0.2, -0.15) is 0 Å². The molecule has 0 aliphatic rings. The lowest BCUT2D eigenvalue weighted by Crippen LogP contribution is -2.10. The zero-order chi connectivity index (χ0) is 18.6. The predicted molar refractivity (Wildman–Crippen MR) is 105 cm³/mol. The van der Waals surface area contributed by atoms with Crippen molar-refractivity contribution in [2.45, 2.75) is 6.61 Å². The summed E-state index contributed by atoms with van der Waals surface area (Å²) in [5, 5.41) is 0.428. The van der Waals surface area contributed by atoms with Crippen molar-refractivity contribution in [3.05, 3.63) is 94.6 Å². The Bertz CT molecular complexity index is 1120. The van der Waals surface area contributed by atoms with Gasteiger partial charge in [-0.05, 0) is 23.8 Å². The van der Waals surface area contributed by atoms with E-state index in [0.29, 0.717) is 22.5 Å². The van der Waals surface area contributed by atoms with Gasteiger partial charge in [0.25, 0.3) is 0 Å². The van der Waals surface area contributed by atoms with E-state index in [1.54, 1.807) is 25.3 Å². The van der Waals surface area contributed by atoms with Crippen molar-refractivity contribution >= 4 is 11.0 Å². The van der Waals surface area contributed by atoms with E-state index in [4.69, 9.17) is 13.9 Å². The Hall–Kier alpha value is -3.53. The van der Waals surface area contributed by atoms with Gasteiger partial charge in [-0.1, -0.05) is 60.7 Å². The Balaban J connectivity index is 1.87. The molecule has 0 unspecified atom stereocenters. The van der Waals surface area contributed by atoms with Crippen molar-refractivity contribution in [3.8, 4) is 22.8 Å². The molecular formula is C23H18O4. The summed E-state index contributed by atoms with van der Waals surface area (Å²) in [6.45, 7) is 0.279. The molecule has 4 aromatic rings. The van der Waals surface area contributed by atoms with Crippen LogP contribution in [0.25, 0.3) is 22.3 Å². The second kappa shape index (κ2) is 7.38. The van der Waals surface area contributed by atoms with Crippen LogP contribution < -0.4 is 14.9 Å². The molecule has 0 N–H and O–H groups in total. The van der Waals surface area contributed by atoms with Gasteiger partial charge in [0.2, 0.25) is 11.2 Å². The SMILES string of the molecule is COc1ccc2oc(-c3ccccc3)c(OCc3ccccc3)c(=O)c2c1. The van der Waals surface area contributed by atoms with Gasteiger partial charge in [0, 0.05) is 5.56 Å². The molecule has 0 saturated heterocycles. The molecule has 0 atom stereocenters. The van der Waals surface area contributed by atoms with Gasteiger partial charge in [-0.3, -0.25) is 4.79 Å². The van der Waals surface area contributed by atoms with Gasteiger partial charge < -0.3 is 13.9 Å². The van der Waals surface area contributed by atoms with Crippen LogP contribution in [0.15, 0.2) is 88.1 Å². The molecule has 0 saturated carbocycles. The first-order valence-corrected chi connectivity index (χ1v) is 8.63. The molecule has 1 heterocycles. The first-order chi connectivity index (χ1) is 13.3. The van der Waals surface area contributed by atoms with Gasteiger partial charge in [-0.15, -0.1) is 0 Å². The summed E-state index contributed by atoms with van der Waals surface area (Å²) in [7, 11) is 1.56. The number of hydrogen-bond acceptors (Lipinski definition) is 4. The third kappa shape index (κ3) is 3.42. The zero-order valence-corrected chi connectivity index (χ0v) is 14.8. The molecule has 4 nitrogen and oxygen atoms in total. The summed E-state index contributed by atoms with van der Waals surface area (Å²) in [5.41, 5.74) is 2.04. The molecule has 27 heavy (non-hydrogen) atoms. The standard InChI is InChI=1S/C23H18O4/c1-25-18-12-13-20-19(14-18)21(24)23(26-15-16-8-4-2-5-9-16)22(27-20)17-10-6-3-7-11-17/h2-14H,15H2,1H3. The highest BCUT2D eigenvalue weighted by molar-refractivity contribution is 5.83. The Morgan fingerprint density at radius 3 is 2.30 bits per heavy atom. The highest BCUT2D eigenvalue weighted by Gasteiger charge is 2.18. The van der Waals surface area contributed by atoms with E-state index < -0.39 is 0 Å². The van der Waals surface area contributed by atoms with Crippen LogP contribution in [0.5, 0.6) is 11.5 Å². The molecule has 4 rings (SSSR count). The van der Waals surface area contributed by atoms with Crippen LogP contribution in [-0.4, -0.2) is 7.11 Å². The maximum absolute atomic E-state index is 13.2. The van der Waals surface area contributed by atoms with Crippen LogP contribution in [0.2, 0.25) is 0 Å². The summed E-state index contributed by atoms with van der Waals surface area (Å²) >= 11 is 0. The van der Waals surface area contributed by atoms with E-state index >= 15 is 0 Å². The van der Waals surface area contributed by atoms with Crippen molar-refractivity contribution in [3.63, 3.8) is 0 Å². The average Bonchev–Trinajstić information content (AvgIpc) is 2.74. The van der Waals surface area contributed by atoms with E-state index in [1.807, 2.05) is 60.7 Å². The molecule has 0 aliphatic heterocycles. The second-order valence-corrected chi connectivity index (χ2v) is 6.09. The molecule has 0 aliphatic carbocycles. The fourth-order valence-electron chi connectivity index (χ4n) is 2.92. The van der Waals surface area contributed by atoms with Crippen molar-refractivity contribution in [2.75, 3.05) is 7.11 Å². The first-order valence-electron chi connectivity index (χ1n) is 8.63. The lowest BCUT2D eigenvalue weighted by atomic mass is 10.1. The zero-order valence-electron chi connectivity index (χ0n) is 14.8. The van der Waals surface area contributed by atoms with Crippen molar-refractivity contribution < 1.29 is 13.9 Å². The van der Waals surface area contributed by atoms with E-state index in [0.717, 1.165) is 11.1 Å². The van der Waals surface area contributed by atoms with E-state index in [1.165, 1.54) is 0 Å². The number of ether oxygens (including phenoxy) is 2. The highest BCUT2D eigenvalue weighted by Crippen LogP contribution is 2.32. The summed E-state index contributed by atoms with van der Waals surface area (Å²) in [6, 6.07) is 24.4. The molecule has 1 aromatic heterocycles. The maximum Gasteiger partial charge on any atom is 0.235 e. The smallest absolute Gasteiger partial charge is 0.235 e. The van der Waals surface area contributed by atoms with Crippen LogP contribution in [0.1, 0.15) is 5.56 Å². The lowest BCUT2D eigenvalue weighted by molar-refractivity contribution is 0.298. The third-order valence-electron chi connectivity index (χ3n) is 4.32. The minimum absolute atomic E-state index is 0.200. The van der Waals surface area contributed by atoms with Gasteiger partial charge in [0.1, 0.15) is 17.9 Å². The lowest BCUT2D eigenvalue weighted by Gasteiger charge is -2.12. The van der Waals surface area contributed by atoms with Crippen LogP contribution in [0.3, 0.4) is 0 Å². The summed E-state index contributed by atoms with van der Waals surface area (Å²) < 4.78 is 17.3. The Labute approximate surface area is 156 Å². The first kappa shape index (κ1) is 16.9. The molecule has 134 valence electrons. The molecule has 4 heteroatoms. The molecule has 0 bridgehead atoms. The van der Waals surface area contributed by atoms with Crippen molar-refractivity contribution in [1.29, 1.82) is 0 Å². The van der Waals surface area contributed by atoms with E-state index in [2.05, 4.69) is 0 Å². The largest absolute Gasteiger partial charge is 0.497 e. The molecular weight excluding hydrogens is 340 g/mol. The summed E-state index contributed by atoms with van der Waals surface area (Å²) in [6.07, 6.45) is 0. The quantitative estimate of drug-likeness (QED) is 0.501. The minimum Gasteiger partial charge on any atom is -0.497 e. The topological polar surface area (TPSA) is 48.7 Å². The van der Waals surface area contributed by atoms with Crippen LogP contribution in [0.4, 0.5) is 0 Å². The van der Waals surface area contributed by atoms with Gasteiger partial charge in [-0.25, -0.2) is 0 Å². The Kier molecular flexibility index (Phi) is 4.62. The van der Waals surface area contributed by atoms with Gasteiger partial charge in [0.15, 0.2) is 5.76 Å². The second-order valence-electron chi connectivity index (χ2n) is 6.09. The average molecular weight is 358 g/mol. The minimum atomic E-state index is -0.218. The summed E-state index contributed by atoms with van der Waals surface area (Å²) in [4.78, 5) is 13.2.